The number of hydrogen-bond acceptors (Lipinski definition) is 3. The molecule has 102 valence electrons. The summed E-state index contributed by atoms with van der Waals surface area (Å²) in [6.07, 6.45) is 0. The van der Waals surface area contributed by atoms with Crippen LogP contribution in [0.1, 0.15) is 46.9 Å². The number of hydrogen-bond donors (Lipinski definition) is 1. The van der Waals surface area contributed by atoms with E-state index in [-0.39, 0.29) is 0 Å². The maximum absolute atomic E-state index is 4.50. The number of nitrogens with one attached hydrogen (secondary N) is 1. The number of nitrogens with zero attached hydrogens (tertiary/aromatic N) is 1. The van der Waals surface area contributed by atoms with E-state index in [2.05, 4.69) is 68.3 Å². The molecule has 0 aliphatic heterocycles. The van der Waals surface area contributed by atoms with Crippen LogP contribution in [0.15, 0.2) is 30.3 Å². The molecule has 0 spiro atoms. The first-order valence-electron chi connectivity index (χ1n) is 6.80. The van der Waals surface area contributed by atoms with Crippen LogP contribution in [-0.4, -0.2) is 11.5 Å². The highest BCUT2D eigenvalue weighted by Gasteiger charge is 2.14. The lowest BCUT2D eigenvalue weighted by Gasteiger charge is -2.17. The third kappa shape index (κ3) is 3.64. The quantitative estimate of drug-likeness (QED) is 0.883. The predicted octanol–water partition coefficient (Wildman–Crippen LogP) is 4.21. The standard InChI is InChI=1S/C16H22N2S/c1-11(15-8-6-5-7-9-15)10-17-12(2)16-13(3)18-14(4)19-16/h5-9,11-12,17H,10H2,1-4H3. The lowest BCUT2D eigenvalue weighted by molar-refractivity contribution is 0.540. The summed E-state index contributed by atoms with van der Waals surface area (Å²) in [7, 11) is 0. The van der Waals surface area contributed by atoms with E-state index in [1.807, 2.05) is 0 Å². The van der Waals surface area contributed by atoms with Gasteiger partial charge in [0.1, 0.15) is 0 Å². The van der Waals surface area contributed by atoms with Gasteiger partial charge >= 0.3 is 0 Å². The zero-order valence-corrected chi connectivity index (χ0v) is 12.9. The Morgan fingerprint density at radius 2 is 1.84 bits per heavy atom. The molecule has 0 saturated carbocycles. The Balaban J connectivity index is 1.94. The zero-order chi connectivity index (χ0) is 13.8. The highest BCUT2D eigenvalue weighted by molar-refractivity contribution is 7.11. The summed E-state index contributed by atoms with van der Waals surface area (Å²) in [4.78, 5) is 5.85. The molecule has 2 rings (SSSR count). The molecule has 1 aromatic carbocycles. The van der Waals surface area contributed by atoms with Crippen LogP contribution < -0.4 is 5.32 Å². The minimum absolute atomic E-state index is 0.373. The molecule has 1 aromatic heterocycles. The van der Waals surface area contributed by atoms with Crippen molar-refractivity contribution in [3.05, 3.63) is 51.5 Å². The van der Waals surface area contributed by atoms with Gasteiger partial charge in [0.05, 0.1) is 10.7 Å². The molecule has 0 aliphatic carbocycles. The molecular formula is C16H22N2S. The Morgan fingerprint density at radius 3 is 2.42 bits per heavy atom. The molecule has 19 heavy (non-hydrogen) atoms. The van der Waals surface area contributed by atoms with E-state index in [1.165, 1.54) is 10.4 Å². The normalized spacial score (nSPS) is 14.3. The van der Waals surface area contributed by atoms with Crippen LogP contribution >= 0.6 is 11.3 Å². The van der Waals surface area contributed by atoms with Gasteiger partial charge in [-0.15, -0.1) is 11.3 Å². The van der Waals surface area contributed by atoms with Gasteiger partial charge in [-0.3, -0.25) is 0 Å². The number of thiazole rings is 1. The van der Waals surface area contributed by atoms with Gasteiger partial charge < -0.3 is 5.32 Å². The second-order valence-electron chi connectivity index (χ2n) is 5.12. The molecule has 3 heteroatoms. The van der Waals surface area contributed by atoms with Crippen LogP contribution in [0.25, 0.3) is 0 Å². The molecule has 0 saturated heterocycles. The number of aromatic nitrogens is 1. The first kappa shape index (κ1) is 14.2. The maximum atomic E-state index is 4.50. The molecular weight excluding hydrogens is 252 g/mol. The highest BCUT2D eigenvalue weighted by atomic mass is 32.1. The summed E-state index contributed by atoms with van der Waals surface area (Å²) < 4.78 is 0. The lowest BCUT2D eigenvalue weighted by Crippen LogP contribution is -2.23. The van der Waals surface area contributed by atoms with Gasteiger partial charge in [0.25, 0.3) is 0 Å². The van der Waals surface area contributed by atoms with Gasteiger partial charge in [0.15, 0.2) is 0 Å². The molecule has 1 N–H and O–H groups in total. The van der Waals surface area contributed by atoms with Crippen molar-refractivity contribution in [1.29, 1.82) is 0 Å². The summed E-state index contributed by atoms with van der Waals surface area (Å²) in [5.74, 6) is 0.526. The molecule has 1 heterocycles. The summed E-state index contributed by atoms with van der Waals surface area (Å²) in [5, 5.41) is 4.77. The van der Waals surface area contributed by atoms with E-state index in [4.69, 9.17) is 0 Å². The number of benzene rings is 1. The largest absolute Gasteiger partial charge is 0.309 e. The zero-order valence-electron chi connectivity index (χ0n) is 12.1. The van der Waals surface area contributed by atoms with E-state index in [0.717, 1.165) is 17.2 Å². The third-order valence-corrected chi connectivity index (χ3v) is 4.69. The maximum Gasteiger partial charge on any atom is 0.0900 e. The predicted molar refractivity (Wildman–Crippen MR) is 82.9 cm³/mol. The van der Waals surface area contributed by atoms with Crippen molar-refractivity contribution in [2.45, 2.75) is 39.7 Å². The Kier molecular flexibility index (Phi) is 4.72. The molecule has 0 aliphatic rings. The summed E-state index contributed by atoms with van der Waals surface area (Å²) in [6, 6.07) is 11.0. The van der Waals surface area contributed by atoms with Gasteiger partial charge in [0, 0.05) is 17.5 Å². The molecule has 0 bridgehead atoms. The monoisotopic (exact) mass is 274 g/mol. The van der Waals surface area contributed by atoms with Gasteiger partial charge in [0.2, 0.25) is 0 Å². The van der Waals surface area contributed by atoms with Crippen LogP contribution in [0.3, 0.4) is 0 Å². The summed E-state index contributed by atoms with van der Waals surface area (Å²) in [6.45, 7) is 9.64. The average Bonchev–Trinajstić information content (AvgIpc) is 2.75. The van der Waals surface area contributed by atoms with Crippen LogP contribution in [0.2, 0.25) is 0 Å². The van der Waals surface area contributed by atoms with Crippen molar-refractivity contribution >= 4 is 11.3 Å². The fourth-order valence-corrected chi connectivity index (χ4v) is 3.25. The van der Waals surface area contributed by atoms with Crippen molar-refractivity contribution in [3.8, 4) is 0 Å². The summed E-state index contributed by atoms with van der Waals surface area (Å²) >= 11 is 1.80. The minimum atomic E-state index is 0.373. The fraction of sp³-hybridized carbons (Fsp3) is 0.438. The van der Waals surface area contributed by atoms with Crippen LogP contribution in [-0.2, 0) is 0 Å². The third-order valence-electron chi connectivity index (χ3n) is 3.43. The van der Waals surface area contributed by atoms with Crippen molar-refractivity contribution in [2.24, 2.45) is 0 Å². The first-order chi connectivity index (χ1) is 9.08. The van der Waals surface area contributed by atoms with Gasteiger partial charge in [-0.25, -0.2) is 4.98 Å². The van der Waals surface area contributed by atoms with Gasteiger partial charge in [-0.2, -0.15) is 0 Å². The molecule has 0 amide bonds. The highest BCUT2D eigenvalue weighted by Crippen LogP contribution is 2.25. The van der Waals surface area contributed by atoms with E-state index in [0.29, 0.717) is 12.0 Å². The second-order valence-corrected chi connectivity index (χ2v) is 6.36. The van der Waals surface area contributed by atoms with E-state index in [1.54, 1.807) is 11.3 Å². The molecule has 0 fully saturated rings. The van der Waals surface area contributed by atoms with E-state index < -0.39 is 0 Å². The number of rotatable bonds is 5. The van der Waals surface area contributed by atoms with Crippen molar-refractivity contribution in [3.63, 3.8) is 0 Å². The van der Waals surface area contributed by atoms with Crippen molar-refractivity contribution in [1.82, 2.24) is 10.3 Å². The minimum Gasteiger partial charge on any atom is -0.309 e. The first-order valence-corrected chi connectivity index (χ1v) is 7.62. The Morgan fingerprint density at radius 1 is 1.16 bits per heavy atom. The average molecular weight is 274 g/mol. The molecule has 2 aromatic rings. The van der Waals surface area contributed by atoms with Gasteiger partial charge in [-0.05, 0) is 32.3 Å². The molecule has 0 radical (unpaired) electrons. The van der Waals surface area contributed by atoms with E-state index in [9.17, 15) is 0 Å². The van der Waals surface area contributed by atoms with Crippen LogP contribution in [0, 0.1) is 13.8 Å². The Labute approximate surface area is 119 Å². The van der Waals surface area contributed by atoms with Crippen LogP contribution in [0.5, 0.6) is 0 Å². The van der Waals surface area contributed by atoms with Crippen LogP contribution in [0.4, 0.5) is 0 Å². The molecule has 2 unspecified atom stereocenters. The molecule has 2 atom stereocenters. The topological polar surface area (TPSA) is 24.9 Å². The lowest BCUT2D eigenvalue weighted by atomic mass is 10.0. The second kappa shape index (κ2) is 6.31. The summed E-state index contributed by atoms with van der Waals surface area (Å²) in [5.41, 5.74) is 2.55. The Bertz CT molecular complexity index is 519. The van der Waals surface area contributed by atoms with E-state index >= 15 is 0 Å². The molecule has 2 nitrogen and oxygen atoms in total. The fourth-order valence-electron chi connectivity index (χ4n) is 2.29. The smallest absolute Gasteiger partial charge is 0.0900 e. The Hall–Kier alpha value is -1.19. The SMILES string of the molecule is Cc1nc(C)c(C(C)NCC(C)c2ccccc2)s1. The van der Waals surface area contributed by atoms with Crippen molar-refractivity contribution < 1.29 is 0 Å². The number of aryl methyl sites for hydroxylation is 2. The van der Waals surface area contributed by atoms with Gasteiger partial charge in [-0.1, -0.05) is 37.3 Å². The van der Waals surface area contributed by atoms with Crippen molar-refractivity contribution in [2.75, 3.05) is 6.54 Å².